The SMILES string of the molecule is CN=C(NCc1cc(F)cc(Br)c1)N1CCN(c2ncccn2)CC1.I. The van der Waals surface area contributed by atoms with E-state index in [1.807, 2.05) is 12.1 Å². The fraction of sp³-hybridized carbons (Fsp3) is 0.353. The first kappa shape index (κ1) is 20.8. The molecule has 3 rings (SSSR count). The zero-order valence-corrected chi connectivity index (χ0v) is 18.3. The maximum Gasteiger partial charge on any atom is 0.225 e. The highest BCUT2D eigenvalue weighted by Crippen LogP contribution is 2.15. The van der Waals surface area contributed by atoms with Crippen LogP contribution >= 0.6 is 39.9 Å². The molecule has 26 heavy (non-hydrogen) atoms. The average Bonchev–Trinajstić information content (AvgIpc) is 2.63. The smallest absolute Gasteiger partial charge is 0.225 e. The van der Waals surface area contributed by atoms with Gasteiger partial charge >= 0.3 is 0 Å². The van der Waals surface area contributed by atoms with E-state index in [9.17, 15) is 4.39 Å². The Labute approximate surface area is 178 Å². The predicted molar refractivity (Wildman–Crippen MR) is 116 cm³/mol. The molecule has 140 valence electrons. The van der Waals surface area contributed by atoms with Crippen molar-refractivity contribution in [2.75, 3.05) is 38.1 Å². The van der Waals surface area contributed by atoms with Gasteiger partial charge in [-0.05, 0) is 29.8 Å². The molecule has 0 atom stereocenters. The average molecular weight is 535 g/mol. The number of rotatable bonds is 3. The summed E-state index contributed by atoms with van der Waals surface area (Å²) in [5.74, 6) is 1.32. The molecule has 0 spiro atoms. The molecule has 9 heteroatoms. The maximum absolute atomic E-state index is 13.5. The summed E-state index contributed by atoms with van der Waals surface area (Å²) in [6, 6.07) is 6.68. The zero-order chi connectivity index (χ0) is 17.6. The Kier molecular flexibility index (Phi) is 8.01. The third-order valence-electron chi connectivity index (χ3n) is 4.00. The van der Waals surface area contributed by atoms with Crippen molar-refractivity contribution in [3.63, 3.8) is 0 Å². The molecule has 2 aromatic rings. The Morgan fingerprint density at radius 2 is 1.88 bits per heavy atom. The summed E-state index contributed by atoms with van der Waals surface area (Å²) in [4.78, 5) is 17.3. The van der Waals surface area contributed by atoms with Gasteiger partial charge in [0.2, 0.25) is 5.95 Å². The zero-order valence-electron chi connectivity index (χ0n) is 14.4. The Hall–Kier alpha value is -1.49. The molecule has 0 aliphatic carbocycles. The van der Waals surface area contributed by atoms with E-state index in [0.29, 0.717) is 6.54 Å². The summed E-state index contributed by atoms with van der Waals surface area (Å²) in [5.41, 5.74) is 0.865. The highest BCUT2D eigenvalue weighted by molar-refractivity contribution is 14.0. The lowest BCUT2D eigenvalue weighted by Gasteiger charge is -2.36. The van der Waals surface area contributed by atoms with Crippen LogP contribution in [0.3, 0.4) is 0 Å². The van der Waals surface area contributed by atoms with Gasteiger partial charge in [-0.1, -0.05) is 15.9 Å². The molecule has 1 saturated heterocycles. The van der Waals surface area contributed by atoms with Crippen LogP contribution in [0.15, 0.2) is 46.1 Å². The van der Waals surface area contributed by atoms with Crippen molar-refractivity contribution in [1.29, 1.82) is 0 Å². The van der Waals surface area contributed by atoms with Crippen LogP contribution in [0.2, 0.25) is 0 Å². The van der Waals surface area contributed by atoms with Crippen LogP contribution in [0.25, 0.3) is 0 Å². The summed E-state index contributed by atoms with van der Waals surface area (Å²) in [6.07, 6.45) is 3.51. The number of piperazine rings is 1. The van der Waals surface area contributed by atoms with Crippen LogP contribution in [0.5, 0.6) is 0 Å². The van der Waals surface area contributed by atoms with Gasteiger partial charge in [0.25, 0.3) is 0 Å². The quantitative estimate of drug-likeness (QED) is 0.373. The van der Waals surface area contributed by atoms with E-state index in [2.05, 4.69) is 46.0 Å². The molecule has 0 unspecified atom stereocenters. The summed E-state index contributed by atoms with van der Waals surface area (Å²) >= 11 is 3.32. The minimum atomic E-state index is -0.252. The molecule has 1 fully saturated rings. The summed E-state index contributed by atoms with van der Waals surface area (Å²) in [7, 11) is 1.76. The molecule has 1 aliphatic rings. The van der Waals surface area contributed by atoms with Gasteiger partial charge in [0.1, 0.15) is 5.82 Å². The minimum absolute atomic E-state index is 0. The number of nitrogens with one attached hydrogen (secondary N) is 1. The van der Waals surface area contributed by atoms with Gasteiger partial charge in [0.15, 0.2) is 5.96 Å². The predicted octanol–water partition coefficient (Wildman–Crippen LogP) is 2.89. The number of nitrogens with zero attached hydrogens (tertiary/aromatic N) is 5. The van der Waals surface area contributed by atoms with Crippen LogP contribution in [-0.2, 0) is 6.54 Å². The first-order valence-electron chi connectivity index (χ1n) is 8.08. The maximum atomic E-state index is 13.5. The monoisotopic (exact) mass is 534 g/mol. The molecule has 2 heterocycles. The van der Waals surface area contributed by atoms with Gasteiger partial charge in [0.05, 0.1) is 0 Å². The summed E-state index contributed by atoms with van der Waals surface area (Å²) < 4.78 is 14.2. The minimum Gasteiger partial charge on any atom is -0.352 e. The van der Waals surface area contributed by atoms with Crippen molar-refractivity contribution in [3.8, 4) is 0 Å². The van der Waals surface area contributed by atoms with E-state index >= 15 is 0 Å². The number of benzene rings is 1. The highest BCUT2D eigenvalue weighted by atomic mass is 127. The Balaban J connectivity index is 0.00000243. The number of anilines is 1. The molecule has 1 aromatic carbocycles. The first-order chi connectivity index (χ1) is 12.2. The standard InChI is InChI=1S/C17H20BrFN6.HI/c1-20-16(23-12-13-9-14(18)11-15(19)10-13)24-5-7-25(8-6-24)17-21-3-2-4-22-17;/h2-4,9-11H,5-8,12H2,1H3,(H,20,23);1H. The Bertz CT molecular complexity index is 717. The fourth-order valence-electron chi connectivity index (χ4n) is 2.80. The Morgan fingerprint density at radius 1 is 1.19 bits per heavy atom. The second-order valence-electron chi connectivity index (χ2n) is 5.70. The summed E-state index contributed by atoms with van der Waals surface area (Å²) in [5, 5.41) is 3.30. The number of hydrogen-bond acceptors (Lipinski definition) is 4. The molecular formula is C17H21BrFIN6. The normalized spacial score (nSPS) is 14.8. The van der Waals surface area contributed by atoms with Gasteiger partial charge in [-0.3, -0.25) is 4.99 Å². The van der Waals surface area contributed by atoms with E-state index in [1.54, 1.807) is 19.4 Å². The number of aromatic nitrogens is 2. The Morgan fingerprint density at radius 3 is 2.50 bits per heavy atom. The lowest BCUT2D eigenvalue weighted by molar-refractivity contribution is 0.370. The number of guanidine groups is 1. The fourth-order valence-corrected chi connectivity index (χ4v) is 3.31. The molecule has 0 saturated carbocycles. The molecule has 1 aromatic heterocycles. The topological polar surface area (TPSA) is 56.7 Å². The van der Waals surface area contributed by atoms with E-state index in [4.69, 9.17) is 0 Å². The lowest BCUT2D eigenvalue weighted by atomic mass is 10.2. The third-order valence-corrected chi connectivity index (χ3v) is 4.46. The van der Waals surface area contributed by atoms with Crippen LogP contribution in [0, 0.1) is 5.82 Å². The van der Waals surface area contributed by atoms with Crippen LogP contribution in [0.4, 0.5) is 10.3 Å². The first-order valence-corrected chi connectivity index (χ1v) is 8.87. The van der Waals surface area contributed by atoms with Gasteiger partial charge in [-0.15, -0.1) is 24.0 Å². The molecule has 1 N–H and O–H groups in total. The van der Waals surface area contributed by atoms with Crippen LogP contribution in [0.1, 0.15) is 5.56 Å². The van der Waals surface area contributed by atoms with Crippen molar-refractivity contribution in [2.45, 2.75) is 6.54 Å². The van der Waals surface area contributed by atoms with Gasteiger partial charge in [-0.2, -0.15) is 0 Å². The molecule has 6 nitrogen and oxygen atoms in total. The van der Waals surface area contributed by atoms with Crippen molar-refractivity contribution < 1.29 is 4.39 Å². The van der Waals surface area contributed by atoms with Gasteiger partial charge < -0.3 is 15.1 Å². The van der Waals surface area contributed by atoms with Crippen molar-refractivity contribution in [1.82, 2.24) is 20.2 Å². The van der Waals surface area contributed by atoms with E-state index in [0.717, 1.165) is 48.1 Å². The van der Waals surface area contributed by atoms with Gasteiger partial charge in [0, 0.05) is 56.6 Å². The highest BCUT2D eigenvalue weighted by Gasteiger charge is 2.21. The van der Waals surface area contributed by atoms with Gasteiger partial charge in [-0.25, -0.2) is 14.4 Å². The third kappa shape index (κ3) is 5.50. The molecule has 0 amide bonds. The van der Waals surface area contributed by atoms with E-state index < -0.39 is 0 Å². The summed E-state index contributed by atoms with van der Waals surface area (Å²) in [6.45, 7) is 3.83. The second-order valence-corrected chi connectivity index (χ2v) is 6.62. The number of halogens is 3. The number of aliphatic imine (C=N–C) groups is 1. The van der Waals surface area contributed by atoms with Crippen molar-refractivity contribution in [2.24, 2.45) is 4.99 Å². The second kappa shape index (κ2) is 10.0. The molecular weight excluding hydrogens is 514 g/mol. The van der Waals surface area contributed by atoms with Crippen molar-refractivity contribution >= 4 is 51.8 Å². The van der Waals surface area contributed by atoms with E-state index in [1.165, 1.54) is 12.1 Å². The molecule has 0 bridgehead atoms. The lowest BCUT2D eigenvalue weighted by Crippen LogP contribution is -2.52. The van der Waals surface area contributed by atoms with Crippen molar-refractivity contribution in [3.05, 3.63) is 52.5 Å². The van der Waals surface area contributed by atoms with E-state index in [-0.39, 0.29) is 29.8 Å². The number of hydrogen-bond donors (Lipinski definition) is 1. The molecule has 0 radical (unpaired) electrons. The van der Waals surface area contributed by atoms with Crippen LogP contribution in [-0.4, -0.2) is 54.1 Å². The molecule has 1 aliphatic heterocycles. The largest absolute Gasteiger partial charge is 0.352 e. The van der Waals surface area contributed by atoms with Crippen LogP contribution < -0.4 is 10.2 Å².